The van der Waals surface area contributed by atoms with E-state index in [4.69, 9.17) is 34.7 Å². The number of hydrogen-bond donors (Lipinski definition) is 3. The Morgan fingerprint density at radius 1 is 0.792 bits per heavy atom. The molecule has 5 rings (SSSR count). The number of nitrogens with zero attached hydrogens (tertiary/aromatic N) is 6. The van der Waals surface area contributed by atoms with E-state index in [9.17, 15) is 39.5 Å². The van der Waals surface area contributed by atoms with Crippen molar-refractivity contribution in [2.45, 2.75) is 43.5 Å². The molecule has 3 aromatic rings. The number of carboxylic acids is 3. The third kappa shape index (κ3) is 11.7. The average Bonchev–Trinajstić information content (AvgIpc) is 3.66. The van der Waals surface area contributed by atoms with E-state index in [1.54, 1.807) is 0 Å². The SMILES string of the molecule is Cn1cc(CN2CCC3(C2)CN(Cc2ccccn2)c2cccnc23)cn1.O=C(O)C(F)(F)F.O=C(O)C(F)(F)F.O=C(O)C(F)(F)F. The van der Waals surface area contributed by atoms with Crippen LogP contribution in [0.5, 0.6) is 0 Å². The molecule has 12 nitrogen and oxygen atoms in total. The molecule has 0 radical (unpaired) electrons. The van der Waals surface area contributed by atoms with E-state index < -0.39 is 36.4 Å². The first kappa shape index (κ1) is 39.2. The lowest BCUT2D eigenvalue weighted by Gasteiger charge is -2.25. The number of carboxylic acid groups (broad SMARTS) is 3. The molecule has 1 spiro atoms. The molecular formula is C27H27F9N6O6. The minimum Gasteiger partial charge on any atom is -0.475 e. The number of pyridine rings is 2. The number of halogens is 9. The second kappa shape index (κ2) is 15.8. The molecule has 3 N–H and O–H groups in total. The van der Waals surface area contributed by atoms with Crippen molar-refractivity contribution in [3.05, 3.63) is 72.1 Å². The molecule has 2 aliphatic rings. The molecule has 2 aliphatic heterocycles. The van der Waals surface area contributed by atoms with Crippen LogP contribution in [0.3, 0.4) is 0 Å². The van der Waals surface area contributed by atoms with Crippen LogP contribution in [0, 0.1) is 0 Å². The summed E-state index contributed by atoms with van der Waals surface area (Å²) in [4.78, 5) is 41.0. The van der Waals surface area contributed by atoms with Gasteiger partial charge in [-0.25, -0.2) is 14.4 Å². The molecule has 0 saturated carbocycles. The normalized spacial score (nSPS) is 17.2. The number of aromatic nitrogens is 4. The Balaban J connectivity index is 0.000000313. The molecule has 264 valence electrons. The smallest absolute Gasteiger partial charge is 0.475 e. The molecule has 1 atom stereocenters. The molecule has 5 heterocycles. The zero-order valence-corrected chi connectivity index (χ0v) is 24.6. The standard InChI is InChI=1S/C21H24N6.3C2HF3O2/c1-25-12-17(11-24-25)13-26-10-7-21(15-26)16-27(14-18-5-2-3-8-22-18)19-6-4-9-23-20(19)21;3*3-2(4,5)1(6)7/h2-6,8-9,11-12H,7,10,13-16H2,1H3;3*(H,6,7). The number of hydrogen-bond acceptors (Lipinski definition) is 8. The Morgan fingerprint density at radius 2 is 1.33 bits per heavy atom. The van der Waals surface area contributed by atoms with Crippen LogP contribution in [-0.4, -0.2) is 96.0 Å². The quantitative estimate of drug-likeness (QED) is 0.333. The molecular weight excluding hydrogens is 675 g/mol. The highest BCUT2D eigenvalue weighted by molar-refractivity contribution is 5.73. The average molecular weight is 703 g/mol. The van der Waals surface area contributed by atoms with Gasteiger partial charge in [-0.05, 0) is 37.2 Å². The molecule has 0 aromatic carbocycles. The number of likely N-dealkylation sites (tertiary alicyclic amines) is 1. The third-order valence-corrected chi connectivity index (χ3v) is 6.53. The number of carbonyl (C=O) groups is 3. The number of anilines is 1. The van der Waals surface area contributed by atoms with Gasteiger partial charge in [-0.15, -0.1) is 0 Å². The van der Waals surface area contributed by atoms with Crippen molar-refractivity contribution in [2.24, 2.45) is 7.05 Å². The molecule has 1 saturated heterocycles. The zero-order valence-electron chi connectivity index (χ0n) is 24.6. The largest absolute Gasteiger partial charge is 0.490 e. The van der Waals surface area contributed by atoms with Gasteiger partial charge in [-0.2, -0.15) is 44.6 Å². The number of aryl methyl sites for hydroxylation is 1. The minimum absolute atomic E-state index is 0.119. The van der Waals surface area contributed by atoms with Crippen molar-refractivity contribution in [3.63, 3.8) is 0 Å². The topological polar surface area (TPSA) is 162 Å². The Hall–Kier alpha value is -4.95. The summed E-state index contributed by atoms with van der Waals surface area (Å²) in [5.41, 5.74) is 5.03. The molecule has 1 fully saturated rings. The second-order valence-electron chi connectivity index (χ2n) is 10.2. The van der Waals surface area contributed by atoms with Crippen molar-refractivity contribution in [1.29, 1.82) is 0 Å². The van der Waals surface area contributed by atoms with Crippen molar-refractivity contribution in [2.75, 3.05) is 24.5 Å². The number of rotatable bonds is 4. The predicted octanol–water partition coefficient (Wildman–Crippen LogP) is 4.27. The first-order valence-corrected chi connectivity index (χ1v) is 13.3. The van der Waals surface area contributed by atoms with Gasteiger partial charge in [-0.1, -0.05) is 6.07 Å². The van der Waals surface area contributed by atoms with Crippen LogP contribution in [0.2, 0.25) is 0 Å². The highest BCUT2D eigenvalue weighted by Crippen LogP contribution is 2.45. The fourth-order valence-corrected chi connectivity index (χ4v) is 4.64. The van der Waals surface area contributed by atoms with Crippen LogP contribution in [-0.2, 0) is 39.9 Å². The maximum atomic E-state index is 10.6. The van der Waals surface area contributed by atoms with Crippen molar-refractivity contribution < 1.29 is 69.2 Å². The molecule has 0 bridgehead atoms. The van der Waals surface area contributed by atoms with E-state index in [2.05, 4.69) is 44.3 Å². The van der Waals surface area contributed by atoms with Gasteiger partial charge >= 0.3 is 36.4 Å². The minimum atomic E-state index is -5.08. The Kier molecular flexibility index (Phi) is 12.9. The molecule has 1 unspecified atom stereocenters. The van der Waals surface area contributed by atoms with E-state index in [-0.39, 0.29) is 5.41 Å². The van der Waals surface area contributed by atoms with Crippen molar-refractivity contribution in [3.8, 4) is 0 Å². The summed E-state index contributed by atoms with van der Waals surface area (Å²) in [6.07, 6.45) is -6.21. The maximum Gasteiger partial charge on any atom is 0.490 e. The summed E-state index contributed by atoms with van der Waals surface area (Å²) in [6.45, 7) is 4.95. The van der Waals surface area contributed by atoms with Gasteiger partial charge in [0.05, 0.1) is 29.8 Å². The summed E-state index contributed by atoms with van der Waals surface area (Å²) >= 11 is 0. The highest BCUT2D eigenvalue weighted by atomic mass is 19.4. The second-order valence-corrected chi connectivity index (χ2v) is 10.2. The van der Waals surface area contributed by atoms with Gasteiger partial charge in [0.15, 0.2) is 0 Å². The number of alkyl halides is 9. The summed E-state index contributed by atoms with van der Waals surface area (Å²) in [6, 6.07) is 10.4. The Labute approximate surface area is 265 Å². The lowest BCUT2D eigenvalue weighted by Crippen LogP contribution is -2.36. The van der Waals surface area contributed by atoms with Crippen LogP contribution in [0.1, 0.15) is 23.4 Å². The van der Waals surface area contributed by atoms with Crippen LogP contribution < -0.4 is 4.90 Å². The van der Waals surface area contributed by atoms with E-state index in [0.29, 0.717) is 0 Å². The summed E-state index contributed by atoms with van der Waals surface area (Å²) in [5, 5.41) is 25.7. The first-order valence-electron chi connectivity index (χ1n) is 13.3. The Morgan fingerprint density at radius 3 is 1.79 bits per heavy atom. The third-order valence-electron chi connectivity index (χ3n) is 6.53. The molecule has 3 aromatic heterocycles. The van der Waals surface area contributed by atoms with E-state index in [1.165, 1.54) is 16.9 Å². The van der Waals surface area contributed by atoms with Crippen LogP contribution in [0.25, 0.3) is 0 Å². The van der Waals surface area contributed by atoms with E-state index in [1.807, 2.05) is 42.5 Å². The van der Waals surface area contributed by atoms with Gasteiger partial charge in [0.1, 0.15) is 0 Å². The van der Waals surface area contributed by atoms with Crippen LogP contribution >= 0.6 is 0 Å². The fraction of sp³-hybridized carbons (Fsp3) is 0.407. The molecule has 0 aliphatic carbocycles. The monoisotopic (exact) mass is 702 g/mol. The Bertz CT molecular complexity index is 1480. The van der Waals surface area contributed by atoms with Gasteiger partial charge in [0.2, 0.25) is 0 Å². The zero-order chi connectivity index (χ0) is 36.5. The molecule has 48 heavy (non-hydrogen) atoms. The fourth-order valence-electron chi connectivity index (χ4n) is 4.64. The van der Waals surface area contributed by atoms with Gasteiger partial charge in [0.25, 0.3) is 0 Å². The first-order chi connectivity index (χ1) is 22.0. The van der Waals surface area contributed by atoms with E-state index >= 15 is 0 Å². The maximum absolute atomic E-state index is 10.6. The van der Waals surface area contributed by atoms with Crippen LogP contribution in [0.15, 0.2) is 55.1 Å². The summed E-state index contributed by atoms with van der Waals surface area (Å²) in [7, 11) is 1.97. The lowest BCUT2D eigenvalue weighted by molar-refractivity contribution is -0.193. The van der Waals surface area contributed by atoms with Crippen molar-refractivity contribution in [1.82, 2.24) is 24.6 Å². The highest BCUT2D eigenvalue weighted by Gasteiger charge is 2.48. The summed E-state index contributed by atoms with van der Waals surface area (Å²) in [5.74, 6) is -8.27. The summed E-state index contributed by atoms with van der Waals surface area (Å²) < 4.78 is 97.1. The molecule has 0 amide bonds. The molecule has 21 heteroatoms. The number of aliphatic carboxylic acids is 3. The van der Waals surface area contributed by atoms with Gasteiger partial charge in [0, 0.05) is 56.3 Å². The van der Waals surface area contributed by atoms with Gasteiger partial charge < -0.3 is 20.2 Å². The number of fused-ring (bicyclic) bond motifs is 2. The predicted molar refractivity (Wildman–Crippen MR) is 145 cm³/mol. The van der Waals surface area contributed by atoms with Crippen LogP contribution in [0.4, 0.5) is 45.2 Å². The van der Waals surface area contributed by atoms with E-state index in [0.717, 1.165) is 44.8 Å². The van der Waals surface area contributed by atoms with Crippen molar-refractivity contribution >= 4 is 23.6 Å². The van der Waals surface area contributed by atoms with Gasteiger partial charge in [-0.3, -0.25) is 19.5 Å². The lowest BCUT2D eigenvalue weighted by atomic mass is 9.85.